The fraction of sp³-hybridized carbons (Fsp3) is 0.160. The maximum atomic E-state index is 12.4. The second kappa shape index (κ2) is 11.2. The Morgan fingerprint density at radius 1 is 1.03 bits per heavy atom. The number of rotatable bonds is 9. The molecule has 1 aromatic heterocycles. The Bertz CT molecular complexity index is 1210. The molecule has 0 aliphatic carbocycles. The number of nitrogens with zero attached hydrogens (tertiary/aromatic N) is 3. The zero-order chi connectivity index (χ0) is 23.0. The van der Waals surface area contributed by atoms with Crippen LogP contribution < -0.4 is 10.1 Å². The van der Waals surface area contributed by atoms with Gasteiger partial charge in [0.05, 0.1) is 7.11 Å². The number of carbonyl (C=O) groups is 1. The lowest BCUT2D eigenvalue weighted by Gasteiger charge is -2.10. The normalized spacial score (nSPS) is 10.7. The Kier molecular flexibility index (Phi) is 7.80. The summed E-state index contributed by atoms with van der Waals surface area (Å²) in [5.74, 6) is 2.15. The van der Waals surface area contributed by atoms with Gasteiger partial charge in [0.25, 0.3) is 0 Å². The van der Waals surface area contributed by atoms with Gasteiger partial charge in [0.15, 0.2) is 11.0 Å². The van der Waals surface area contributed by atoms with E-state index in [2.05, 4.69) is 31.4 Å². The summed E-state index contributed by atoms with van der Waals surface area (Å²) in [5.41, 5.74) is 2.97. The van der Waals surface area contributed by atoms with Crippen molar-refractivity contribution >= 4 is 33.6 Å². The highest BCUT2D eigenvalue weighted by atomic mass is 79.9. The fourth-order valence-corrected chi connectivity index (χ4v) is 4.54. The molecule has 6 nitrogen and oxygen atoms in total. The molecule has 0 unspecified atom stereocenters. The topological polar surface area (TPSA) is 69.0 Å². The van der Waals surface area contributed by atoms with Crippen molar-refractivity contribution in [2.45, 2.75) is 18.1 Å². The molecule has 0 radical (unpaired) electrons. The van der Waals surface area contributed by atoms with Gasteiger partial charge in [0.1, 0.15) is 5.75 Å². The molecular weight excluding hydrogens is 500 g/mol. The minimum Gasteiger partial charge on any atom is -0.497 e. The van der Waals surface area contributed by atoms with Gasteiger partial charge >= 0.3 is 0 Å². The molecule has 4 rings (SSSR count). The molecule has 168 valence electrons. The van der Waals surface area contributed by atoms with Gasteiger partial charge in [-0.05, 0) is 42.0 Å². The number of amides is 1. The van der Waals surface area contributed by atoms with Crippen LogP contribution in [-0.4, -0.2) is 33.5 Å². The third kappa shape index (κ3) is 6.03. The van der Waals surface area contributed by atoms with Crippen molar-refractivity contribution < 1.29 is 9.53 Å². The predicted molar refractivity (Wildman–Crippen MR) is 135 cm³/mol. The zero-order valence-corrected chi connectivity index (χ0v) is 20.5. The van der Waals surface area contributed by atoms with Gasteiger partial charge in [-0.3, -0.25) is 9.36 Å². The van der Waals surface area contributed by atoms with Crippen LogP contribution in [0.3, 0.4) is 0 Å². The highest BCUT2D eigenvalue weighted by Gasteiger charge is 2.16. The number of aromatic nitrogens is 3. The van der Waals surface area contributed by atoms with E-state index in [0.717, 1.165) is 38.0 Å². The van der Waals surface area contributed by atoms with E-state index in [1.807, 2.05) is 83.4 Å². The van der Waals surface area contributed by atoms with Crippen molar-refractivity contribution in [2.24, 2.45) is 0 Å². The van der Waals surface area contributed by atoms with E-state index in [9.17, 15) is 4.79 Å². The number of ether oxygens (including phenoxy) is 1. The number of nitrogens with one attached hydrogen (secondary N) is 1. The number of thioether (sulfide) groups is 1. The number of halogens is 1. The van der Waals surface area contributed by atoms with Crippen molar-refractivity contribution in [3.8, 4) is 22.8 Å². The predicted octanol–water partition coefficient (Wildman–Crippen LogP) is 5.50. The first-order chi connectivity index (χ1) is 16.1. The lowest BCUT2D eigenvalue weighted by Crippen LogP contribution is -2.23. The molecule has 0 aliphatic rings. The SMILES string of the molecule is COc1ccc(CNC(=O)CCSc2nnc(-c3cccc(Br)c3)n2-c2ccccc2)cc1. The number of benzene rings is 3. The van der Waals surface area contributed by atoms with E-state index in [1.54, 1.807) is 7.11 Å². The standard InChI is InChI=1S/C25H23BrN4O2S/c1-32-22-12-10-18(11-13-22)17-27-23(31)14-15-33-25-29-28-24(19-6-5-7-20(26)16-19)30(25)21-8-3-2-4-9-21/h2-13,16H,14-15,17H2,1H3,(H,27,31). The molecule has 0 saturated heterocycles. The van der Waals surface area contributed by atoms with E-state index >= 15 is 0 Å². The van der Waals surface area contributed by atoms with Crippen LogP contribution in [-0.2, 0) is 11.3 Å². The first-order valence-electron chi connectivity index (χ1n) is 10.4. The van der Waals surface area contributed by atoms with E-state index in [0.29, 0.717) is 18.7 Å². The van der Waals surface area contributed by atoms with Crippen molar-refractivity contribution in [3.63, 3.8) is 0 Å². The molecule has 0 saturated carbocycles. The lowest BCUT2D eigenvalue weighted by molar-refractivity contribution is -0.120. The molecule has 4 aromatic rings. The molecule has 0 spiro atoms. The van der Waals surface area contributed by atoms with Crippen LogP contribution in [0.25, 0.3) is 17.1 Å². The molecular formula is C25H23BrN4O2S. The molecule has 0 bridgehead atoms. The smallest absolute Gasteiger partial charge is 0.221 e. The second-order valence-electron chi connectivity index (χ2n) is 7.21. The Labute approximate surface area is 205 Å². The summed E-state index contributed by atoms with van der Waals surface area (Å²) < 4.78 is 8.17. The Morgan fingerprint density at radius 2 is 1.82 bits per heavy atom. The lowest BCUT2D eigenvalue weighted by atomic mass is 10.2. The monoisotopic (exact) mass is 522 g/mol. The number of para-hydroxylation sites is 1. The van der Waals surface area contributed by atoms with Gasteiger partial charge in [-0.2, -0.15) is 0 Å². The van der Waals surface area contributed by atoms with Crippen molar-refractivity contribution in [1.29, 1.82) is 0 Å². The van der Waals surface area contributed by atoms with Crippen LogP contribution >= 0.6 is 27.7 Å². The second-order valence-corrected chi connectivity index (χ2v) is 9.19. The summed E-state index contributed by atoms with van der Waals surface area (Å²) in [4.78, 5) is 12.4. The van der Waals surface area contributed by atoms with Crippen LogP contribution in [0.1, 0.15) is 12.0 Å². The van der Waals surface area contributed by atoms with Gasteiger partial charge < -0.3 is 10.1 Å². The molecule has 0 aliphatic heterocycles. The number of methoxy groups -OCH3 is 1. The molecule has 1 heterocycles. The van der Waals surface area contributed by atoms with E-state index < -0.39 is 0 Å². The maximum absolute atomic E-state index is 12.4. The van der Waals surface area contributed by atoms with Crippen LogP contribution in [0.15, 0.2) is 88.5 Å². The largest absolute Gasteiger partial charge is 0.497 e. The van der Waals surface area contributed by atoms with E-state index in [-0.39, 0.29) is 5.91 Å². The summed E-state index contributed by atoms with van der Waals surface area (Å²) >= 11 is 5.05. The summed E-state index contributed by atoms with van der Waals surface area (Å²) in [7, 11) is 1.63. The molecule has 1 amide bonds. The molecule has 1 N–H and O–H groups in total. The summed E-state index contributed by atoms with van der Waals surface area (Å²) in [6.07, 6.45) is 0.384. The van der Waals surface area contributed by atoms with Crippen LogP contribution in [0.4, 0.5) is 0 Å². The first-order valence-corrected chi connectivity index (χ1v) is 12.2. The van der Waals surface area contributed by atoms with Gasteiger partial charge in [-0.1, -0.05) is 70.2 Å². The fourth-order valence-electron chi connectivity index (χ4n) is 3.26. The number of carbonyl (C=O) groups excluding carboxylic acids is 1. The van der Waals surface area contributed by atoms with Crippen molar-refractivity contribution in [1.82, 2.24) is 20.1 Å². The van der Waals surface area contributed by atoms with Gasteiger partial charge in [-0.15, -0.1) is 10.2 Å². The molecule has 0 atom stereocenters. The van der Waals surface area contributed by atoms with Gasteiger partial charge in [-0.25, -0.2) is 0 Å². The number of hydrogen-bond donors (Lipinski definition) is 1. The Hall–Kier alpha value is -3.10. The van der Waals surface area contributed by atoms with Crippen molar-refractivity contribution in [2.75, 3.05) is 12.9 Å². The quantitative estimate of drug-likeness (QED) is 0.294. The molecule has 0 fully saturated rings. The highest BCUT2D eigenvalue weighted by molar-refractivity contribution is 9.10. The van der Waals surface area contributed by atoms with Gasteiger partial charge in [0.2, 0.25) is 5.91 Å². The summed E-state index contributed by atoms with van der Waals surface area (Å²) in [6, 6.07) is 25.6. The van der Waals surface area contributed by atoms with E-state index in [1.165, 1.54) is 11.8 Å². The number of hydrogen-bond acceptors (Lipinski definition) is 5. The first kappa shape index (κ1) is 23.1. The minimum atomic E-state index is -0.00342. The third-order valence-corrected chi connectivity index (χ3v) is 6.36. The maximum Gasteiger partial charge on any atom is 0.221 e. The molecule has 33 heavy (non-hydrogen) atoms. The van der Waals surface area contributed by atoms with Crippen LogP contribution in [0, 0.1) is 0 Å². The zero-order valence-electron chi connectivity index (χ0n) is 18.1. The van der Waals surface area contributed by atoms with Gasteiger partial charge in [0, 0.05) is 34.4 Å². The highest BCUT2D eigenvalue weighted by Crippen LogP contribution is 2.29. The average Bonchev–Trinajstić information content (AvgIpc) is 3.27. The van der Waals surface area contributed by atoms with Crippen molar-refractivity contribution in [3.05, 3.63) is 88.9 Å². The van der Waals surface area contributed by atoms with E-state index in [4.69, 9.17) is 4.74 Å². The minimum absolute atomic E-state index is 0.00342. The Morgan fingerprint density at radius 3 is 2.55 bits per heavy atom. The summed E-state index contributed by atoms with van der Waals surface area (Å²) in [5, 5.41) is 12.6. The van der Waals surface area contributed by atoms with Crippen LogP contribution in [0.2, 0.25) is 0 Å². The van der Waals surface area contributed by atoms with Crippen LogP contribution in [0.5, 0.6) is 5.75 Å². The Balaban J connectivity index is 1.42. The third-order valence-electron chi connectivity index (χ3n) is 4.94. The molecule has 3 aromatic carbocycles. The average molecular weight is 523 g/mol. The molecule has 8 heteroatoms. The summed E-state index contributed by atoms with van der Waals surface area (Å²) in [6.45, 7) is 0.487.